The van der Waals surface area contributed by atoms with Crippen LogP contribution in [0.3, 0.4) is 0 Å². The van der Waals surface area contributed by atoms with Gasteiger partial charge in [0, 0.05) is 31.0 Å². The molecule has 1 aliphatic heterocycles. The van der Waals surface area contributed by atoms with E-state index in [0.29, 0.717) is 31.8 Å². The summed E-state index contributed by atoms with van der Waals surface area (Å²) in [5, 5.41) is 9.44. The van der Waals surface area contributed by atoms with Crippen LogP contribution in [0.15, 0.2) is 47.0 Å². The topological polar surface area (TPSA) is 75.4 Å². The third kappa shape index (κ3) is 3.95. The number of fused-ring (bicyclic) bond motifs is 2. The number of amides is 2. The molecule has 1 N–H and O–H groups in total. The van der Waals surface area contributed by atoms with Crippen LogP contribution in [0.25, 0.3) is 22.0 Å². The van der Waals surface area contributed by atoms with Crippen molar-refractivity contribution in [3.63, 3.8) is 0 Å². The predicted molar refractivity (Wildman–Crippen MR) is 116 cm³/mol. The molecular formula is C24H27N3O3. The van der Waals surface area contributed by atoms with Crippen LogP contribution in [-0.2, 0) is 22.6 Å². The highest BCUT2D eigenvalue weighted by Crippen LogP contribution is 2.34. The van der Waals surface area contributed by atoms with Gasteiger partial charge >= 0.3 is 0 Å². The minimum absolute atomic E-state index is 0.0466. The Morgan fingerprint density at radius 2 is 1.93 bits per heavy atom. The lowest BCUT2D eigenvalue weighted by Gasteiger charge is -2.31. The quantitative estimate of drug-likeness (QED) is 0.698. The molecule has 6 nitrogen and oxygen atoms in total. The molecule has 6 heteroatoms. The molecule has 4 rings (SSSR count). The molecule has 2 heterocycles. The summed E-state index contributed by atoms with van der Waals surface area (Å²) in [6, 6.07) is 13.8. The molecule has 0 fully saturated rings. The third-order valence-electron chi connectivity index (χ3n) is 5.57. The average Bonchev–Trinajstić information content (AvgIpc) is 3.14. The van der Waals surface area contributed by atoms with Gasteiger partial charge in [0.1, 0.15) is 17.5 Å². The standard InChI is InChI=1S/C24H27N3O3/c1-15(2)13-21(25-16(3)28)24(29)27-12-11-22-20(14-27)23(26-30-22)19-10-6-8-17-7-4-5-9-18(17)19/h4-10,15,21H,11-14H2,1-3H3,(H,25,28)/t21-/m0/s1. The first-order valence-corrected chi connectivity index (χ1v) is 10.5. The van der Waals surface area contributed by atoms with Crippen molar-refractivity contribution in [3.05, 3.63) is 53.8 Å². The molecule has 30 heavy (non-hydrogen) atoms. The van der Waals surface area contributed by atoms with Crippen LogP contribution >= 0.6 is 0 Å². The molecule has 2 aromatic carbocycles. The highest BCUT2D eigenvalue weighted by molar-refractivity contribution is 5.96. The molecule has 0 spiro atoms. The van der Waals surface area contributed by atoms with Crippen molar-refractivity contribution in [2.75, 3.05) is 6.54 Å². The molecule has 3 aromatic rings. The second kappa shape index (κ2) is 8.30. The van der Waals surface area contributed by atoms with Crippen LogP contribution < -0.4 is 5.32 Å². The maximum Gasteiger partial charge on any atom is 0.245 e. The van der Waals surface area contributed by atoms with E-state index in [2.05, 4.69) is 42.5 Å². The molecule has 0 saturated carbocycles. The lowest BCUT2D eigenvalue weighted by molar-refractivity contribution is -0.137. The summed E-state index contributed by atoms with van der Waals surface area (Å²) < 4.78 is 5.65. The van der Waals surface area contributed by atoms with Gasteiger partial charge < -0.3 is 14.7 Å². The Bertz CT molecular complexity index is 1080. The van der Waals surface area contributed by atoms with E-state index in [-0.39, 0.29) is 11.8 Å². The van der Waals surface area contributed by atoms with Gasteiger partial charge in [-0.05, 0) is 23.1 Å². The van der Waals surface area contributed by atoms with Crippen molar-refractivity contribution < 1.29 is 14.1 Å². The molecule has 0 radical (unpaired) electrons. The molecular weight excluding hydrogens is 378 g/mol. The van der Waals surface area contributed by atoms with Gasteiger partial charge in [0.2, 0.25) is 11.8 Å². The second-order valence-electron chi connectivity index (χ2n) is 8.35. The van der Waals surface area contributed by atoms with Gasteiger partial charge in [0.05, 0.1) is 6.54 Å². The van der Waals surface area contributed by atoms with E-state index in [9.17, 15) is 9.59 Å². The van der Waals surface area contributed by atoms with E-state index < -0.39 is 6.04 Å². The fourth-order valence-corrected chi connectivity index (χ4v) is 4.20. The Morgan fingerprint density at radius 1 is 1.17 bits per heavy atom. The first kappa shape index (κ1) is 20.1. The monoisotopic (exact) mass is 405 g/mol. The highest BCUT2D eigenvalue weighted by Gasteiger charge is 2.32. The van der Waals surface area contributed by atoms with E-state index in [0.717, 1.165) is 33.4 Å². The summed E-state index contributed by atoms with van der Waals surface area (Å²) in [7, 11) is 0. The van der Waals surface area contributed by atoms with E-state index in [1.54, 1.807) is 0 Å². The van der Waals surface area contributed by atoms with Crippen molar-refractivity contribution in [2.45, 2.75) is 46.2 Å². The first-order valence-electron chi connectivity index (χ1n) is 10.5. The van der Waals surface area contributed by atoms with Crippen molar-refractivity contribution >= 4 is 22.6 Å². The fraction of sp³-hybridized carbons (Fsp3) is 0.375. The summed E-state index contributed by atoms with van der Waals surface area (Å²) in [5.41, 5.74) is 2.75. The van der Waals surface area contributed by atoms with Crippen molar-refractivity contribution in [2.24, 2.45) is 5.92 Å². The van der Waals surface area contributed by atoms with E-state index >= 15 is 0 Å². The number of aromatic nitrogens is 1. The highest BCUT2D eigenvalue weighted by atomic mass is 16.5. The number of benzene rings is 2. The zero-order valence-electron chi connectivity index (χ0n) is 17.6. The molecule has 156 valence electrons. The maximum absolute atomic E-state index is 13.2. The smallest absolute Gasteiger partial charge is 0.245 e. The van der Waals surface area contributed by atoms with Gasteiger partial charge in [-0.15, -0.1) is 0 Å². The van der Waals surface area contributed by atoms with Crippen molar-refractivity contribution in [1.82, 2.24) is 15.4 Å². The number of carbonyl (C=O) groups is 2. The molecule has 1 aliphatic rings. The molecule has 1 atom stereocenters. The molecule has 0 bridgehead atoms. The van der Waals surface area contributed by atoms with Gasteiger partial charge in [0.25, 0.3) is 0 Å². The molecule has 0 aliphatic carbocycles. The first-order chi connectivity index (χ1) is 14.4. The number of nitrogens with one attached hydrogen (secondary N) is 1. The summed E-state index contributed by atoms with van der Waals surface area (Å²) in [6.07, 6.45) is 1.23. The molecule has 0 saturated heterocycles. The SMILES string of the molecule is CC(=O)N[C@@H](CC(C)C)C(=O)N1CCc2onc(-c3cccc4ccccc34)c2C1. The minimum atomic E-state index is -0.509. The normalized spacial score (nSPS) is 14.6. The summed E-state index contributed by atoms with van der Waals surface area (Å²) in [5.74, 6) is 0.901. The number of rotatable bonds is 5. The van der Waals surface area contributed by atoms with Gasteiger partial charge in [-0.1, -0.05) is 61.5 Å². The van der Waals surface area contributed by atoms with Crippen LogP contribution in [0.1, 0.15) is 38.5 Å². The average molecular weight is 405 g/mol. The summed E-state index contributed by atoms with van der Waals surface area (Å²) in [6.45, 7) is 6.55. The molecule has 0 unspecified atom stereocenters. The number of carbonyl (C=O) groups excluding carboxylic acids is 2. The van der Waals surface area contributed by atoms with E-state index in [1.807, 2.05) is 29.2 Å². The zero-order chi connectivity index (χ0) is 21.3. The lowest BCUT2D eigenvalue weighted by Crippen LogP contribution is -2.49. The van der Waals surface area contributed by atoms with Gasteiger partial charge in [-0.3, -0.25) is 9.59 Å². The van der Waals surface area contributed by atoms with Crippen molar-refractivity contribution in [3.8, 4) is 11.3 Å². The number of hydrogen-bond donors (Lipinski definition) is 1. The van der Waals surface area contributed by atoms with Gasteiger partial charge in [-0.25, -0.2) is 0 Å². The second-order valence-corrected chi connectivity index (χ2v) is 8.35. The van der Waals surface area contributed by atoms with E-state index in [1.165, 1.54) is 6.92 Å². The van der Waals surface area contributed by atoms with E-state index in [4.69, 9.17) is 4.52 Å². The Morgan fingerprint density at radius 3 is 2.70 bits per heavy atom. The Hall–Kier alpha value is -3.15. The Labute approximate surface area is 176 Å². The fourth-order valence-electron chi connectivity index (χ4n) is 4.20. The molecule has 1 aromatic heterocycles. The number of nitrogens with zero attached hydrogens (tertiary/aromatic N) is 2. The third-order valence-corrected chi connectivity index (χ3v) is 5.57. The largest absolute Gasteiger partial charge is 0.360 e. The molecule has 2 amide bonds. The van der Waals surface area contributed by atoms with Crippen LogP contribution in [0.2, 0.25) is 0 Å². The van der Waals surface area contributed by atoms with Crippen LogP contribution in [-0.4, -0.2) is 34.5 Å². The maximum atomic E-state index is 13.2. The van der Waals surface area contributed by atoms with Crippen LogP contribution in [0, 0.1) is 5.92 Å². The number of hydrogen-bond acceptors (Lipinski definition) is 4. The predicted octanol–water partition coefficient (Wildman–Crippen LogP) is 3.93. The minimum Gasteiger partial charge on any atom is -0.360 e. The lowest BCUT2D eigenvalue weighted by atomic mass is 9.96. The Kier molecular flexibility index (Phi) is 5.57. The summed E-state index contributed by atoms with van der Waals surface area (Å²) >= 11 is 0. The van der Waals surface area contributed by atoms with Crippen LogP contribution in [0.5, 0.6) is 0 Å². The van der Waals surface area contributed by atoms with Gasteiger partial charge in [-0.2, -0.15) is 0 Å². The van der Waals surface area contributed by atoms with Crippen LogP contribution in [0.4, 0.5) is 0 Å². The Balaban J connectivity index is 1.65. The van der Waals surface area contributed by atoms with Gasteiger partial charge in [0.15, 0.2) is 0 Å². The summed E-state index contributed by atoms with van der Waals surface area (Å²) in [4.78, 5) is 26.7. The van der Waals surface area contributed by atoms with Crippen molar-refractivity contribution in [1.29, 1.82) is 0 Å². The zero-order valence-corrected chi connectivity index (χ0v) is 17.6.